The molecule has 0 aromatic heterocycles. The van der Waals surface area contributed by atoms with E-state index in [1.165, 1.54) is 0 Å². The largest absolute Gasteiger partial charge is 0.507 e. The van der Waals surface area contributed by atoms with E-state index in [9.17, 15) is 5.11 Å². The molecule has 1 aromatic carbocycles. The molecule has 4 nitrogen and oxygen atoms in total. The molecule has 0 aliphatic carbocycles. The maximum atomic E-state index is 9.93. The Morgan fingerprint density at radius 2 is 2.28 bits per heavy atom. The van der Waals surface area contributed by atoms with Crippen molar-refractivity contribution in [3.05, 3.63) is 23.8 Å². The minimum Gasteiger partial charge on any atom is -0.507 e. The molecule has 18 heavy (non-hydrogen) atoms. The Kier molecular flexibility index (Phi) is 4.09. The van der Waals surface area contributed by atoms with Gasteiger partial charge in [-0.25, -0.2) is 0 Å². The number of methoxy groups -OCH3 is 1. The Morgan fingerprint density at radius 1 is 1.50 bits per heavy atom. The van der Waals surface area contributed by atoms with E-state index in [2.05, 4.69) is 11.8 Å². The minimum atomic E-state index is 0.235. The number of phenolic OH excluding ortho intramolecular Hbond substituents is 1. The number of rotatable bonds is 3. The topological polar surface area (TPSA) is 58.7 Å². The number of likely N-dealkylation sites (tertiary alicyclic amines) is 1. The molecule has 1 aliphatic rings. The van der Waals surface area contributed by atoms with Crippen molar-refractivity contribution in [1.29, 1.82) is 0 Å². The molecule has 0 radical (unpaired) electrons. The van der Waals surface area contributed by atoms with Gasteiger partial charge < -0.3 is 15.6 Å². The zero-order valence-corrected chi connectivity index (χ0v) is 11.1. The molecule has 2 atom stereocenters. The first kappa shape index (κ1) is 13.2. The van der Waals surface area contributed by atoms with Crippen LogP contribution in [0.15, 0.2) is 18.2 Å². The van der Waals surface area contributed by atoms with E-state index in [1.807, 2.05) is 12.1 Å². The molecule has 1 aromatic rings. The molecule has 2 rings (SSSR count). The molecule has 100 valence electrons. The van der Waals surface area contributed by atoms with Gasteiger partial charge in [-0.3, -0.25) is 4.90 Å². The summed E-state index contributed by atoms with van der Waals surface area (Å²) < 4.78 is 5.08. The van der Waals surface area contributed by atoms with E-state index >= 15 is 0 Å². The SMILES string of the molecule is COc1ccc(CN2CCC(C)C(N)C2)c(O)c1. The van der Waals surface area contributed by atoms with Crippen LogP contribution in [0.1, 0.15) is 18.9 Å². The van der Waals surface area contributed by atoms with Crippen LogP contribution in [0.3, 0.4) is 0 Å². The summed E-state index contributed by atoms with van der Waals surface area (Å²) in [6.07, 6.45) is 1.12. The van der Waals surface area contributed by atoms with Gasteiger partial charge in [-0.05, 0) is 24.9 Å². The molecule has 0 saturated carbocycles. The fourth-order valence-corrected chi connectivity index (χ4v) is 2.36. The molecule has 2 unspecified atom stereocenters. The van der Waals surface area contributed by atoms with Crippen LogP contribution >= 0.6 is 0 Å². The van der Waals surface area contributed by atoms with E-state index in [4.69, 9.17) is 10.5 Å². The predicted molar refractivity (Wildman–Crippen MR) is 71.7 cm³/mol. The highest BCUT2D eigenvalue weighted by Crippen LogP contribution is 2.26. The summed E-state index contributed by atoms with van der Waals surface area (Å²) in [5.41, 5.74) is 7.01. The van der Waals surface area contributed by atoms with Crippen molar-refractivity contribution in [2.45, 2.75) is 25.9 Å². The van der Waals surface area contributed by atoms with Gasteiger partial charge in [-0.2, -0.15) is 0 Å². The number of benzene rings is 1. The molecule has 1 heterocycles. The normalized spacial score (nSPS) is 25.1. The summed E-state index contributed by atoms with van der Waals surface area (Å²) >= 11 is 0. The lowest BCUT2D eigenvalue weighted by molar-refractivity contribution is 0.161. The first-order valence-corrected chi connectivity index (χ1v) is 6.44. The van der Waals surface area contributed by atoms with E-state index < -0.39 is 0 Å². The maximum Gasteiger partial charge on any atom is 0.123 e. The molecule has 3 N–H and O–H groups in total. The fourth-order valence-electron chi connectivity index (χ4n) is 2.36. The lowest BCUT2D eigenvalue weighted by atomic mass is 9.94. The number of hydrogen-bond acceptors (Lipinski definition) is 4. The molecule has 1 saturated heterocycles. The summed E-state index contributed by atoms with van der Waals surface area (Å²) in [5.74, 6) is 1.56. The first-order chi connectivity index (χ1) is 8.60. The lowest BCUT2D eigenvalue weighted by Gasteiger charge is -2.35. The van der Waals surface area contributed by atoms with Gasteiger partial charge in [0.1, 0.15) is 11.5 Å². The van der Waals surface area contributed by atoms with Crippen molar-refractivity contribution in [3.63, 3.8) is 0 Å². The molecule has 0 amide bonds. The third kappa shape index (κ3) is 2.94. The van der Waals surface area contributed by atoms with Gasteiger partial charge in [0.2, 0.25) is 0 Å². The van der Waals surface area contributed by atoms with Gasteiger partial charge in [0.05, 0.1) is 7.11 Å². The minimum absolute atomic E-state index is 0.235. The van der Waals surface area contributed by atoms with Crippen molar-refractivity contribution < 1.29 is 9.84 Å². The number of aromatic hydroxyl groups is 1. The summed E-state index contributed by atoms with van der Waals surface area (Å²) in [7, 11) is 1.60. The molecule has 4 heteroatoms. The van der Waals surface area contributed by atoms with Crippen LogP contribution in [0, 0.1) is 5.92 Å². The number of nitrogens with two attached hydrogens (primary N) is 1. The van der Waals surface area contributed by atoms with Crippen molar-refractivity contribution in [2.24, 2.45) is 11.7 Å². The second-order valence-electron chi connectivity index (χ2n) is 5.16. The van der Waals surface area contributed by atoms with Gasteiger partial charge in [0.25, 0.3) is 0 Å². The van der Waals surface area contributed by atoms with Gasteiger partial charge in [0.15, 0.2) is 0 Å². The second-order valence-corrected chi connectivity index (χ2v) is 5.16. The number of hydrogen-bond donors (Lipinski definition) is 2. The highest BCUT2D eigenvalue weighted by atomic mass is 16.5. The predicted octanol–water partition coefficient (Wildman–Crippen LogP) is 1.57. The van der Waals surface area contributed by atoms with E-state index in [0.717, 1.165) is 31.6 Å². The Balaban J connectivity index is 2.01. The lowest BCUT2D eigenvalue weighted by Crippen LogP contribution is -2.47. The van der Waals surface area contributed by atoms with Gasteiger partial charge >= 0.3 is 0 Å². The molecule has 0 bridgehead atoms. The summed E-state index contributed by atoms with van der Waals surface area (Å²) in [5, 5.41) is 9.93. The molecular formula is C14H22N2O2. The van der Waals surface area contributed by atoms with Crippen molar-refractivity contribution in [3.8, 4) is 11.5 Å². The van der Waals surface area contributed by atoms with Crippen LogP contribution < -0.4 is 10.5 Å². The molecule has 1 fully saturated rings. The second kappa shape index (κ2) is 5.59. The summed E-state index contributed by atoms with van der Waals surface area (Å²) in [6.45, 7) is 4.88. The Hall–Kier alpha value is -1.26. The summed E-state index contributed by atoms with van der Waals surface area (Å²) in [6, 6.07) is 5.68. The molecule has 1 aliphatic heterocycles. The standard InChI is InChI=1S/C14H22N2O2/c1-10-5-6-16(9-13(10)15)8-11-3-4-12(18-2)7-14(11)17/h3-4,7,10,13,17H,5-6,8-9,15H2,1-2H3. The van der Waals surface area contributed by atoms with Gasteiger partial charge in [0, 0.05) is 30.8 Å². The number of phenols is 1. The third-order valence-electron chi connectivity index (χ3n) is 3.79. The van der Waals surface area contributed by atoms with Crippen LogP contribution in [0.5, 0.6) is 11.5 Å². The number of piperidine rings is 1. The monoisotopic (exact) mass is 250 g/mol. The quantitative estimate of drug-likeness (QED) is 0.855. The van der Waals surface area contributed by atoms with E-state index in [-0.39, 0.29) is 6.04 Å². The van der Waals surface area contributed by atoms with Crippen molar-refractivity contribution in [1.82, 2.24) is 4.90 Å². The zero-order valence-electron chi connectivity index (χ0n) is 11.1. The average molecular weight is 250 g/mol. The average Bonchev–Trinajstić information content (AvgIpc) is 2.36. The molecule has 0 spiro atoms. The van der Waals surface area contributed by atoms with Crippen LogP contribution in [0.2, 0.25) is 0 Å². The van der Waals surface area contributed by atoms with Crippen molar-refractivity contribution in [2.75, 3.05) is 20.2 Å². The fraction of sp³-hybridized carbons (Fsp3) is 0.571. The number of ether oxygens (including phenoxy) is 1. The smallest absolute Gasteiger partial charge is 0.123 e. The van der Waals surface area contributed by atoms with Crippen LogP contribution in [0.25, 0.3) is 0 Å². The first-order valence-electron chi connectivity index (χ1n) is 6.44. The highest BCUT2D eigenvalue weighted by molar-refractivity contribution is 5.39. The zero-order chi connectivity index (χ0) is 13.1. The van der Waals surface area contributed by atoms with Crippen molar-refractivity contribution >= 4 is 0 Å². The van der Waals surface area contributed by atoms with Gasteiger partial charge in [-0.15, -0.1) is 0 Å². The van der Waals surface area contributed by atoms with Crippen LogP contribution in [0.4, 0.5) is 0 Å². The van der Waals surface area contributed by atoms with E-state index in [1.54, 1.807) is 13.2 Å². The van der Waals surface area contributed by atoms with Crippen LogP contribution in [-0.2, 0) is 6.54 Å². The maximum absolute atomic E-state index is 9.93. The van der Waals surface area contributed by atoms with Crippen LogP contribution in [-0.4, -0.2) is 36.2 Å². The summed E-state index contributed by atoms with van der Waals surface area (Å²) in [4.78, 5) is 2.30. The van der Waals surface area contributed by atoms with Gasteiger partial charge in [-0.1, -0.05) is 13.0 Å². The van der Waals surface area contributed by atoms with E-state index in [0.29, 0.717) is 17.4 Å². The Bertz CT molecular complexity index is 409. The Morgan fingerprint density at radius 3 is 2.89 bits per heavy atom. The molecular weight excluding hydrogens is 228 g/mol. The highest BCUT2D eigenvalue weighted by Gasteiger charge is 2.23. The number of nitrogens with zero attached hydrogens (tertiary/aromatic N) is 1. The third-order valence-corrected chi connectivity index (χ3v) is 3.79. The Labute approximate surface area is 108 Å².